The van der Waals surface area contributed by atoms with E-state index in [0.717, 1.165) is 4.80 Å². The highest BCUT2D eigenvalue weighted by Crippen LogP contribution is 2.26. The monoisotopic (exact) mass is 591 g/mol. The van der Waals surface area contributed by atoms with Crippen LogP contribution >= 0.6 is 23.2 Å². The zero-order valence-corrected chi connectivity index (χ0v) is 23.3. The number of nitrogens with one attached hydrogen (secondary N) is 1. The molecular formula is C25H23Cl2N5O4S2. The Labute approximate surface area is 232 Å². The van der Waals surface area contributed by atoms with E-state index in [0.29, 0.717) is 31.2 Å². The Kier molecular flexibility index (Phi) is 9.06. The van der Waals surface area contributed by atoms with Gasteiger partial charge in [0, 0.05) is 26.3 Å². The topological polar surface area (TPSA) is 124 Å². The lowest BCUT2D eigenvalue weighted by atomic mass is 10.1. The minimum absolute atomic E-state index is 0.0460. The summed E-state index contributed by atoms with van der Waals surface area (Å²) in [6, 6.07) is 18.7. The molecule has 1 heterocycles. The second-order valence-electron chi connectivity index (χ2n) is 8.21. The largest absolute Gasteiger partial charge is 0.296 e. The second kappa shape index (κ2) is 12.3. The molecule has 38 heavy (non-hydrogen) atoms. The third-order valence-corrected chi connectivity index (χ3v) is 9.18. The van der Waals surface area contributed by atoms with Crippen LogP contribution in [0, 0.1) is 0 Å². The molecule has 0 spiro atoms. The first-order valence-electron chi connectivity index (χ1n) is 11.5. The Morgan fingerprint density at radius 2 is 1.61 bits per heavy atom. The molecule has 0 fully saturated rings. The summed E-state index contributed by atoms with van der Waals surface area (Å²) in [5.41, 5.74) is 0.638. The number of hydrogen-bond donors (Lipinski definition) is 1. The third kappa shape index (κ3) is 6.72. The molecule has 1 N–H and O–H groups in total. The molecule has 0 aliphatic rings. The summed E-state index contributed by atoms with van der Waals surface area (Å²) in [6.07, 6.45) is 0.437. The molecule has 0 bridgehead atoms. The van der Waals surface area contributed by atoms with Gasteiger partial charge < -0.3 is 0 Å². The van der Waals surface area contributed by atoms with Crippen molar-refractivity contribution in [2.75, 3.05) is 0 Å². The highest BCUT2D eigenvalue weighted by molar-refractivity contribution is 7.89. The number of rotatable bonds is 11. The summed E-state index contributed by atoms with van der Waals surface area (Å²) >= 11 is 12.4. The number of carbonyl (C=O) groups excluding carboxylic acids is 1. The van der Waals surface area contributed by atoms with Gasteiger partial charge in [-0.3, -0.25) is 4.79 Å². The maximum Gasteiger partial charge on any atom is 0.241 e. The number of halogens is 2. The van der Waals surface area contributed by atoms with Gasteiger partial charge >= 0.3 is 0 Å². The van der Waals surface area contributed by atoms with Crippen molar-refractivity contribution in [3.63, 3.8) is 0 Å². The highest BCUT2D eigenvalue weighted by atomic mass is 35.5. The molecule has 4 rings (SSSR count). The molecule has 1 aromatic heterocycles. The average Bonchev–Trinajstić information content (AvgIpc) is 3.36. The summed E-state index contributed by atoms with van der Waals surface area (Å²) in [5.74, 6) is -0.119. The van der Waals surface area contributed by atoms with Crippen LogP contribution < -0.4 is 4.72 Å². The van der Waals surface area contributed by atoms with Gasteiger partial charge in [-0.15, -0.1) is 10.2 Å². The summed E-state index contributed by atoms with van der Waals surface area (Å²) in [4.78, 5) is 15.0. The minimum atomic E-state index is -4.03. The number of carbonyl (C=O) groups is 1. The van der Waals surface area contributed by atoms with Crippen molar-refractivity contribution in [1.82, 2.24) is 24.9 Å². The molecular weight excluding hydrogens is 569 g/mol. The molecule has 4 aromatic rings. The van der Waals surface area contributed by atoms with Crippen LogP contribution in [-0.2, 0) is 38.6 Å². The van der Waals surface area contributed by atoms with E-state index in [4.69, 9.17) is 23.2 Å². The van der Waals surface area contributed by atoms with E-state index in [1.54, 1.807) is 49.4 Å². The summed E-state index contributed by atoms with van der Waals surface area (Å²) in [6.45, 7) is 1.41. The lowest BCUT2D eigenvalue weighted by Gasteiger charge is -2.16. The van der Waals surface area contributed by atoms with Crippen LogP contribution in [0.1, 0.15) is 24.7 Å². The molecule has 2 atom stereocenters. The Morgan fingerprint density at radius 1 is 0.974 bits per heavy atom. The van der Waals surface area contributed by atoms with E-state index in [-0.39, 0.29) is 24.3 Å². The standard InChI is InChI=1S/C25H23Cl2N5O4S2/c1-2-23(24(33)16-32-29-25(28-31-32)15-20-21(26)9-6-10-22(20)27)30-38(35,36)19-13-11-18(12-14-19)37(34)17-7-4-3-5-8-17/h3-14,23,30H,2,15-16H2,1H3. The molecule has 198 valence electrons. The number of nitrogens with zero attached hydrogens (tertiary/aromatic N) is 4. The molecule has 0 saturated heterocycles. The fourth-order valence-corrected chi connectivity index (χ4v) is 6.47. The van der Waals surface area contributed by atoms with Gasteiger partial charge in [0.05, 0.1) is 21.7 Å². The number of aromatic nitrogens is 4. The lowest BCUT2D eigenvalue weighted by Crippen LogP contribution is -2.42. The van der Waals surface area contributed by atoms with Crippen LogP contribution in [0.15, 0.2) is 87.5 Å². The maximum absolute atomic E-state index is 13.0. The third-order valence-electron chi connectivity index (χ3n) is 5.59. The fraction of sp³-hybridized carbons (Fsp3) is 0.200. The van der Waals surface area contributed by atoms with E-state index in [1.807, 2.05) is 6.07 Å². The van der Waals surface area contributed by atoms with Crippen LogP contribution in [0.25, 0.3) is 0 Å². The summed E-state index contributed by atoms with van der Waals surface area (Å²) < 4.78 is 41.1. The van der Waals surface area contributed by atoms with Gasteiger partial charge in [-0.25, -0.2) is 17.3 Å². The molecule has 9 nitrogen and oxygen atoms in total. The van der Waals surface area contributed by atoms with Crippen molar-refractivity contribution in [1.29, 1.82) is 0 Å². The van der Waals surface area contributed by atoms with E-state index in [9.17, 15) is 17.4 Å². The SMILES string of the molecule is CCC(NS(=O)(=O)c1ccc(S(=O)c2ccccc2)cc1)C(=O)Cn1nnc(Cc2c(Cl)cccc2Cl)n1. The number of hydrogen-bond acceptors (Lipinski definition) is 7. The van der Waals surface area contributed by atoms with Crippen molar-refractivity contribution in [3.8, 4) is 0 Å². The molecule has 3 aromatic carbocycles. The predicted octanol–water partition coefficient (Wildman–Crippen LogP) is 4.06. The minimum Gasteiger partial charge on any atom is -0.296 e. The van der Waals surface area contributed by atoms with Crippen molar-refractivity contribution in [3.05, 3.63) is 94.2 Å². The van der Waals surface area contributed by atoms with Gasteiger partial charge in [0.25, 0.3) is 0 Å². The van der Waals surface area contributed by atoms with Gasteiger partial charge in [-0.05, 0) is 65.7 Å². The van der Waals surface area contributed by atoms with Crippen molar-refractivity contribution in [2.45, 2.75) is 47.0 Å². The van der Waals surface area contributed by atoms with E-state index in [1.165, 1.54) is 24.3 Å². The number of sulfonamides is 1. The van der Waals surface area contributed by atoms with Crippen LogP contribution in [0.4, 0.5) is 0 Å². The highest BCUT2D eigenvalue weighted by Gasteiger charge is 2.25. The van der Waals surface area contributed by atoms with Gasteiger partial charge in [0.1, 0.15) is 6.54 Å². The number of benzene rings is 3. The van der Waals surface area contributed by atoms with Gasteiger partial charge in [0.15, 0.2) is 11.6 Å². The zero-order valence-electron chi connectivity index (χ0n) is 20.1. The number of Topliss-reactive ketones (excluding diaryl/α,β-unsaturated/α-hetero) is 1. The lowest BCUT2D eigenvalue weighted by molar-refractivity contribution is -0.121. The first kappa shape index (κ1) is 28.1. The second-order valence-corrected chi connectivity index (χ2v) is 12.2. The Balaban J connectivity index is 1.41. The van der Waals surface area contributed by atoms with Crippen molar-refractivity contribution < 1.29 is 17.4 Å². The van der Waals surface area contributed by atoms with Gasteiger partial charge in [-0.1, -0.05) is 54.4 Å². The number of tetrazole rings is 1. The van der Waals surface area contributed by atoms with Crippen molar-refractivity contribution in [2.24, 2.45) is 0 Å². The molecule has 0 aliphatic heterocycles. The molecule has 2 unspecified atom stereocenters. The van der Waals surface area contributed by atoms with Crippen LogP contribution in [0.2, 0.25) is 10.0 Å². The first-order chi connectivity index (χ1) is 18.2. The Hall–Kier alpha value is -2.96. The van der Waals surface area contributed by atoms with Crippen LogP contribution in [-0.4, -0.2) is 44.7 Å². The van der Waals surface area contributed by atoms with E-state index in [2.05, 4.69) is 20.1 Å². The number of ketones is 1. The fourth-order valence-electron chi connectivity index (χ4n) is 3.58. The predicted molar refractivity (Wildman–Crippen MR) is 144 cm³/mol. The molecule has 0 saturated carbocycles. The van der Waals surface area contributed by atoms with E-state index < -0.39 is 32.6 Å². The zero-order chi connectivity index (χ0) is 27.3. The molecule has 0 aliphatic carbocycles. The molecule has 0 amide bonds. The van der Waals surface area contributed by atoms with Crippen molar-refractivity contribution >= 4 is 49.8 Å². The van der Waals surface area contributed by atoms with Crippen LogP contribution in [0.5, 0.6) is 0 Å². The molecule has 13 heteroatoms. The molecule has 0 radical (unpaired) electrons. The average molecular weight is 593 g/mol. The van der Waals surface area contributed by atoms with Gasteiger partial charge in [0.2, 0.25) is 10.0 Å². The summed E-state index contributed by atoms with van der Waals surface area (Å²) in [5, 5.41) is 13.0. The first-order valence-corrected chi connectivity index (χ1v) is 14.9. The van der Waals surface area contributed by atoms with Gasteiger partial charge in [-0.2, -0.15) is 4.80 Å². The summed E-state index contributed by atoms with van der Waals surface area (Å²) in [7, 11) is -5.47. The normalized spacial score (nSPS) is 13.2. The maximum atomic E-state index is 13.0. The Bertz CT molecular complexity index is 1540. The van der Waals surface area contributed by atoms with E-state index >= 15 is 0 Å². The quantitative estimate of drug-likeness (QED) is 0.279. The Morgan fingerprint density at radius 3 is 2.24 bits per heavy atom. The van der Waals surface area contributed by atoms with Crippen LogP contribution in [0.3, 0.4) is 0 Å². The smallest absolute Gasteiger partial charge is 0.241 e.